The Morgan fingerprint density at radius 3 is 2.38 bits per heavy atom. The van der Waals surface area contributed by atoms with Crippen LogP contribution in [0.3, 0.4) is 0 Å². The van der Waals surface area contributed by atoms with Crippen LogP contribution in [0, 0.1) is 5.92 Å². The van der Waals surface area contributed by atoms with Gasteiger partial charge in [0.05, 0.1) is 19.0 Å². The molecule has 118 valence electrons. The summed E-state index contributed by atoms with van der Waals surface area (Å²) >= 11 is 0. The Hall–Kier alpha value is -1.01. The minimum atomic E-state index is -4.04. The van der Waals surface area contributed by atoms with Gasteiger partial charge < -0.3 is 9.73 Å². The quantitative estimate of drug-likeness (QED) is 0.904. The van der Waals surface area contributed by atoms with Crippen LogP contribution >= 0.6 is 0 Å². The van der Waals surface area contributed by atoms with Crippen molar-refractivity contribution in [3.05, 3.63) is 23.7 Å². The topological polar surface area (TPSA) is 28.4 Å². The first-order valence-corrected chi connectivity index (χ1v) is 7.61. The van der Waals surface area contributed by atoms with Gasteiger partial charge in [-0.3, -0.25) is 4.90 Å². The minimum absolute atomic E-state index is 0.195. The number of nitrogens with zero attached hydrogens (tertiary/aromatic N) is 1. The van der Waals surface area contributed by atoms with E-state index in [4.69, 9.17) is 4.42 Å². The molecule has 2 aliphatic rings. The highest BCUT2D eigenvalue weighted by molar-refractivity contribution is 5.07. The second-order valence-corrected chi connectivity index (χ2v) is 6.12. The average molecular weight is 302 g/mol. The van der Waals surface area contributed by atoms with Crippen LogP contribution in [-0.2, 0) is 13.1 Å². The van der Waals surface area contributed by atoms with Gasteiger partial charge in [0.2, 0.25) is 0 Å². The summed E-state index contributed by atoms with van der Waals surface area (Å²) in [5.74, 6) is 0.610. The average Bonchev–Trinajstić information content (AvgIpc) is 3.16. The molecule has 0 atom stereocenters. The van der Waals surface area contributed by atoms with Crippen molar-refractivity contribution in [1.82, 2.24) is 10.2 Å². The molecule has 1 aromatic rings. The number of furan rings is 1. The first kappa shape index (κ1) is 14.9. The van der Waals surface area contributed by atoms with E-state index < -0.39 is 12.1 Å². The van der Waals surface area contributed by atoms with Gasteiger partial charge in [0.15, 0.2) is 0 Å². The highest BCUT2D eigenvalue weighted by Gasteiger charge is 2.41. The molecular formula is C15H21F3N2O. The summed E-state index contributed by atoms with van der Waals surface area (Å²) in [6, 6.07) is 4.52. The molecule has 1 N–H and O–H groups in total. The van der Waals surface area contributed by atoms with E-state index in [9.17, 15) is 13.2 Å². The van der Waals surface area contributed by atoms with Crippen molar-refractivity contribution in [2.75, 3.05) is 13.1 Å². The standard InChI is InChI=1S/C15H21F3N2O/c16-15(17,18)11-5-7-20(8-6-11)10-14-4-3-13(21-14)9-19-12-1-2-12/h3-4,11-12,19H,1-2,5-10H2. The van der Waals surface area contributed by atoms with E-state index in [1.807, 2.05) is 17.0 Å². The van der Waals surface area contributed by atoms with Crippen molar-refractivity contribution in [2.24, 2.45) is 5.92 Å². The van der Waals surface area contributed by atoms with Crippen LogP contribution in [-0.4, -0.2) is 30.2 Å². The second-order valence-electron chi connectivity index (χ2n) is 6.12. The summed E-state index contributed by atoms with van der Waals surface area (Å²) < 4.78 is 43.6. The number of piperidine rings is 1. The van der Waals surface area contributed by atoms with Gasteiger partial charge in [-0.25, -0.2) is 0 Å². The largest absolute Gasteiger partial charge is 0.463 e. The molecule has 6 heteroatoms. The van der Waals surface area contributed by atoms with Gasteiger partial charge in [0.1, 0.15) is 11.5 Å². The zero-order valence-electron chi connectivity index (χ0n) is 12.0. The summed E-state index contributed by atoms with van der Waals surface area (Å²) in [5.41, 5.74) is 0. The molecule has 1 saturated carbocycles. The molecule has 1 aliphatic carbocycles. The summed E-state index contributed by atoms with van der Waals surface area (Å²) in [7, 11) is 0. The van der Waals surface area contributed by atoms with Gasteiger partial charge in [0, 0.05) is 6.04 Å². The van der Waals surface area contributed by atoms with E-state index in [-0.39, 0.29) is 12.8 Å². The van der Waals surface area contributed by atoms with Crippen LogP contribution in [0.15, 0.2) is 16.5 Å². The molecule has 0 radical (unpaired) electrons. The number of hydrogen-bond donors (Lipinski definition) is 1. The summed E-state index contributed by atoms with van der Waals surface area (Å²) in [4.78, 5) is 2.04. The Morgan fingerprint density at radius 2 is 1.76 bits per heavy atom. The maximum Gasteiger partial charge on any atom is 0.391 e. The molecule has 0 unspecified atom stereocenters. The fraction of sp³-hybridized carbons (Fsp3) is 0.733. The van der Waals surface area contributed by atoms with Gasteiger partial charge in [-0.15, -0.1) is 0 Å². The molecule has 3 rings (SSSR count). The molecule has 1 aromatic heterocycles. The normalized spacial score (nSPS) is 21.9. The van der Waals surface area contributed by atoms with Crippen molar-refractivity contribution in [3.8, 4) is 0 Å². The molecular weight excluding hydrogens is 281 g/mol. The zero-order valence-corrected chi connectivity index (χ0v) is 12.0. The maximum atomic E-state index is 12.6. The number of halogens is 3. The van der Waals surface area contributed by atoms with E-state index in [1.54, 1.807) is 0 Å². The highest BCUT2D eigenvalue weighted by atomic mass is 19.4. The van der Waals surface area contributed by atoms with Crippen molar-refractivity contribution in [2.45, 2.75) is 51.0 Å². The van der Waals surface area contributed by atoms with Crippen LogP contribution in [0.2, 0.25) is 0 Å². The molecule has 0 bridgehead atoms. The van der Waals surface area contributed by atoms with Crippen molar-refractivity contribution in [3.63, 3.8) is 0 Å². The van der Waals surface area contributed by atoms with Crippen LogP contribution < -0.4 is 5.32 Å². The van der Waals surface area contributed by atoms with Gasteiger partial charge in [-0.05, 0) is 50.9 Å². The fourth-order valence-corrected chi connectivity index (χ4v) is 2.77. The SMILES string of the molecule is FC(F)(F)C1CCN(Cc2ccc(CNC3CC3)o2)CC1. The molecule has 0 aromatic carbocycles. The summed E-state index contributed by atoms with van der Waals surface area (Å²) in [6.45, 7) is 2.32. The molecule has 1 aliphatic heterocycles. The van der Waals surface area contributed by atoms with Crippen LogP contribution in [0.25, 0.3) is 0 Å². The fourth-order valence-electron chi connectivity index (χ4n) is 2.77. The Labute approximate surface area is 122 Å². The number of rotatable bonds is 5. The summed E-state index contributed by atoms with van der Waals surface area (Å²) in [6.07, 6.45) is -1.18. The predicted molar refractivity (Wildman–Crippen MR) is 72.6 cm³/mol. The van der Waals surface area contributed by atoms with E-state index in [0.29, 0.717) is 25.7 Å². The van der Waals surface area contributed by atoms with Gasteiger partial charge in [-0.1, -0.05) is 0 Å². The monoisotopic (exact) mass is 302 g/mol. The first-order chi connectivity index (χ1) is 10.0. The van der Waals surface area contributed by atoms with E-state index in [1.165, 1.54) is 12.8 Å². The van der Waals surface area contributed by atoms with Gasteiger partial charge in [0.25, 0.3) is 0 Å². The Morgan fingerprint density at radius 1 is 1.10 bits per heavy atom. The predicted octanol–water partition coefficient (Wildman–Crippen LogP) is 3.31. The third kappa shape index (κ3) is 4.23. The molecule has 2 fully saturated rings. The zero-order chi connectivity index (χ0) is 14.9. The third-order valence-corrected chi connectivity index (χ3v) is 4.29. The molecule has 2 heterocycles. The van der Waals surface area contributed by atoms with Crippen molar-refractivity contribution >= 4 is 0 Å². The number of likely N-dealkylation sites (tertiary alicyclic amines) is 1. The van der Waals surface area contributed by atoms with Crippen LogP contribution in [0.5, 0.6) is 0 Å². The molecule has 21 heavy (non-hydrogen) atoms. The lowest BCUT2D eigenvalue weighted by Gasteiger charge is -2.32. The highest BCUT2D eigenvalue weighted by Crippen LogP contribution is 2.34. The van der Waals surface area contributed by atoms with Gasteiger partial charge in [-0.2, -0.15) is 13.2 Å². The first-order valence-electron chi connectivity index (χ1n) is 7.61. The lowest BCUT2D eigenvalue weighted by atomic mass is 9.96. The Balaban J connectivity index is 1.44. The smallest absolute Gasteiger partial charge is 0.391 e. The second kappa shape index (κ2) is 6.01. The van der Waals surface area contributed by atoms with Crippen LogP contribution in [0.1, 0.15) is 37.2 Å². The summed E-state index contributed by atoms with van der Waals surface area (Å²) in [5, 5.41) is 3.38. The van der Waals surface area contributed by atoms with E-state index >= 15 is 0 Å². The minimum Gasteiger partial charge on any atom is -0.463 e. The maximum absolute atomic E-state index is 12.6. The van der Waals surface area contributed by atoms with Crippen LogP contribution in [0.4, 0.5) is 13.2 Å². The number of nitrogens with one attached hydrogen (secondary N) is 1. The van der Waals surface area contributed by atoms with Crippen molar-refractivity contribution < 1.29 is 17.6 Å². The van der Waals surface area contributed by atoms with E-state index in [2.05, 4.69) is 5.32 Å². The molecule has 3 nitrogen and oxygen atoms in total. The number of alkyl halides is 3. The molecule has 0 spiro atoms. The Bertz CT molecular complexity index is 460. The Kier molecular flexibility index (Phi) is 4.26. The van der Waals surface area contributed by atoms with Crippen molar-refractivity contribution in [1.29, 1.82) is 0 Å². The molecule has 1 saturated heterocycles. The lowest BCUT2D eigenvalue weighted by molar-refractivity contribution is -0.185. The number of hydrogen-bond acceptors (Lipinski definition) is 3. The van der Waals surface area contributed by atoms with Gasteiger partial charge >= 0.3 is 6.18 Å². The van der Waals surface area contributed by atoms with E-state index in [0.717, 1.165) is 18.1 Å². The molecule has 0 amide bonds. The lowest BCUT2D eigenvalue weighted by Crippen LogP contribution is -2.38. The third-order valence-electron chi connectivity index (χ3n) is 4.29.